The second-order valence-electron chi connectivity index (χ2n) is 6.05. The Hall–Kier alpha value is -1.56. The van der Waals surface area contributed by atoms with E-state index in [0.29, 0.717) is 0 Å². The summed E-state index contributed by atoms with van der Waals surface area (Å²) in [5, 5.41) is 2.93. The molecule has 1 aliphatic rings. The second kappa shape index (κ2) is 7.34. The Bertz CT molecular complexity index is 520. The van der Waals surface area contributed by atoms with E-state index in [1.165, 1.54) is 6.92 Å². The minimum absolute atomic E-state index is 0.0155. The lowest BCUT2D eigenvalue weighted by Gasteiger charge is -2.37. The van der Waals surface area contributed by atoms with Crippen LogP contribution in [-0.2, 0) is 11.0 Å². The topological polar surface area (TPSA) is 32.3 Å². The first-order chi connectivity index (χ1) is 10.8. The first-order valence-corrected chi connectivity index (χ1v) is 7.99. The van der Waals surface area contributed by atoms with Crippen LogP contribution in [0.3, 0.4) is 0 Å². The molecule has 23 heavy (non-hydrogen) atoms. The Kier molecular flexibility index (Phi) is 5.68. The molecule has 6 heteroatoms. The fourth-order valence-electron chi connectivity index (χ4n) is 3.24. The monoisotopic (exact) mass is 328 g/mol. The molecule has 1 amide bonds. The van der Waals surface area contributed by atoms with Crippen molar-refractivity contribution in [3.05, 3.63) is 35.4 Å². The standard InChI is InChI=1S/C17H23F3N2O/c1-3-16(13-4-6-14(7-5-13)17(18,19)20)22-10-8-15(9-11-22)21-12(2)23/h4-7,15-16H,3,8-11H2,1-2H3,(H,21,23)/t16-/m1/s1. The van der Waals surface area contributed by atoms with E-state index < -0.39 is 11.7 Å². The molecule has 128 valence electrons. The van der Waals surface area contributed by atoms with E-state index in [1.54, 1.807) is 12.1 Å². The summed E-state index contributed by atoms with van der Waals surface area (Å²) >= 11 is 0. The molecule has 0 aliphatic carbocycles. The SMILES string of the molecule is CC[C@H](c1ccc(C(F)(F)F)cc1)N1CCC(NC(C)=O)CC1. The summed E-state index contributed by atoms with van der Waals surface area (Å²) in [6.45, 7) is 5.24. The van der Waals surface area contributed by atoms with Crippen LogP contribution in [0.4, 0.5) is 13.2 Å². The maximum Gasteiger partial charge on any atom is 0.416 e. The van der Waals surface area contributed by atoms with Gasteiger partial charge in [0.05, 0.1) is 5.56 Å². The highest BCUT2D eigenvalue weighted by Crippen LogP contribution is 2.32. The van der Waals surface area contributed by atoms with Crippen molar-refractivity contribution in [1.29, 1.82) is 0 Å². The summed E-state index contributed by atoms with van der Waals surface area (Å²) in [5.41, 5.74) is 0.305. The molecule has 0 saturated carbocycles. The van der Waals surface area contributed by atoms with E-state index in [2.05, 4.69) is 10.2 Å². The lowest BCUT2D eigenvalue weighted by Crippen LogP contribution is -2.45. The number of nitrogens with zero attached hydrogens (tertiary/aromatic N) is 1. The van der Waals surface area contributed by atoms with Gasteiger partial charge >= 0.3 is 6.18 Å². The van der Waals surface area contributed by atoms with E-state index in [4.69, 9.17) is 0 Å². The zero-order valence-electron chi connectivity index (χ0n) is 13.5. The number of likely N-dealkylation sites (tertiary alicyclic amines) is 1. The van der Waals surface area contributed by atoms with Gasteiger partial charge in [-0.1, -0.05) is 19.1 Å². The van der Waals surface area contributed by atoms with Crippen molar-refractivity contribution < 1.29 is 18.0 Å². The van der Waals surface area contributed by atoms with Gasteiger partial charge in [-0.15, -0.1) is 0 Å². The Balaban J connectivity index is 2.02. The molecular weight excluding hydrogens is 305 g/mol. The highest BCUT2D eigenvalue weighted by molar-refractivity contribution is 5.73. The van der Waals surface area contributed by atoms with Gasteiger partial charge in [-0.3, -0.25) is 9.69 Å². The third-order valence-electron chi connectivity index (χ3n) is 4.39. The number of rotatable bonds is 4. The van der Waals surface area contributed by atoms with Crippen LogP contribution in [0.1, 0.15) is 50.3 Å². The van der Waals surface area contributed by atoms with Gasteiger partial charge in [0.15, 0.2) is 0 Å². The van der Waals surface area contributed by atoms with Crippen molar-refractivity contribution in [2.45, 2.75) is 51.4 Å². The fraction of sp³-hybridized carbons (Fsp3) is 0.588. The van der Waals surface area contributed by atoms with Crippen LogP contribution in [0.15, 0.2) is 24.3 Å². The Labute approximate surface area is 134 Å². The van der Waals surface area contributed by atoms with Gasteiger partial charge in [0.1, 0.15) is 0 Å². The molecule has 0 spiro atoms. The van der Waals surface area contributed by atoms with Gasteiger partial charge in [0.2, 0.25) is 5.91 Å². The quantitative estimate of drug-likeness (QED) is 0.913. The van der Waals surface area contributed by atoms with Crippen LogP contribution in [0.25, 0.3) is 0 Å². The summed E-state index contributed by atoms with van der Waals surface area (Å²) in [6.07, 6.45) is -1.71. The molecule has 1 heterocycles. The fourth-order valence-corrected chi connectivity index (χ4v) is 3.24. The summed E-state index contributed by atoms with van der Waals surface area (Å²) in [5.74, 6) is -0.0155. The van der Waals surface area contributed by atoms with Gasteiger partial charge in [0, 0.05) is 32.1 Å². The molecule has 1 aromatic rings. The molecule has 1 aliphatic heterocycles. The number of hydrogen-bond donors (Lipinski definition) is 1. The first kappa shape index (κ1) is 17.8. The number of carbonyl (C=O) groups is 1. The van der Waals surface area contributed by atoms with Crippen LogP contribution in [0, 0.1) is 0 Å². The lowest BCUT2D eigenvalue weighted by molar-refractivity contribution is -0.137. The van der Waals surface area contributed by atoms with Gasteiger partial charge in [-0.05, 0) is 37.0 Å². The normalized spacial score (nSPS) is 18.7. The predicted molar refractivity (Wildman–Crippen MR) is 82.9 cm³/mol. The summed E-state index contributed by atoms with van der Waals surface area (Å²) in [7, 11) is 0. The van der Waals surface area contributed by atoms with Crippen molar-refractivity contribution in [2.75, 3.05) is 13.1 Å². The van der Waals surface area contributed by atoms with Crippen LogP contribution in [0.2, 0.25) is 0 Å². The van der Waals surface area contributed by atoms with Crippen molar-refractivity contribution in [2.24, 2.45) is 0 Å². The van der Waals surface area contributed by atoms with Crippen LogP contribution >= 0.6 is 0 Å². The number of hydrogen-bond acceptors (Lipinski definition) is 2. The number of amides is 1. The number of nitrogens with one attached hydrogen (secondary N) is 1. The number of alkyl halides is 3. The van der Waals surface area contributed by atoms with Crippen LogP contribution in [0.5, 0.6) is 0 Å². The Morgan fingerprint density at radius 1 is 1.26 bits per heavy atom. The smallest absolute Gasteiger partial charge is 0.354 e. The molecular formula is C17H23F3N2O. The molecule has 0 unspecified atom stereocenters. The third kappa shape index (κ3) is 4.70. The van der Waals surface area contributed by atoms with Crippen molar-refractivity contribution >= 4 is 5.91 Å². The molecule has 1 fully saturated rings. The Morgan fingerprint density at radius 2 is 1.83 bits per heavy atom. The van der Waals surface area contributed by atoms with E-state index in [9.17, 15) is 18.0 Å². The molecule has 1 N–H and O–H groups in total. The average Bonchev–Trinajstić information content (AvgIpc) is 2.49. The van der Waals surface area contributed by atoms with E-state index in [-0.39, 0.29) is 18.0 Å². The number of piperidine rings is 1. The highest BCUT2D eigenvalue weighted by Gasteiger charge is 2.31. The lowest BCUT2D eigenvalue weighted by atomic mass is 9.97. The number of halogens is 3. The van der Waals surface area contributed by atoms with E-state index >= 15 is 0 Å². The van der Waals surface area contributed by atoms with Crippen LogP contribution in [-0.4, -0.2) is 29.9 Å². The molecule has 1 aromatic carbocycles. The summed E-state index contributed by atoms with van der Waals surface area (Å²) in [6, 6.07) is 5.79. The zero-order valence-corrected chi connectivity index (χ0v) is 13.5. The minimum Gasteiger partial charge on any atom is -0.354 e. The second-order valence-corrected chi connectivity index (χ2v) is 6.05. The molecule has 3 nitrogen and oxygen atoms in total. The molecule has 0 bridgehead atoms. The maximum atomic E-state index is 12.7. The molecule has 0 aromatic heterocycles. The Morgan fingerprint density at radius 3 is 2.26 bits per heavy atom. The number of benzene rings is 1. The molecule has 0 radical (unpaired) electrons. The molecule has 2 rings (SSSR count). The third-order valence-corrected chi connectivity index (χ3v) is 4.39. The van der Waals surface area contributed by atoms with E-state index in [0.717, 1.165) is 50.0 Å². The predicted octanol–water partition coefficient (Wildman–Crippen LogP) is 3.76. The van der Waals surface area contributed by atoms with Crippen molar-refractivity contribution in [3.8, 4) is 0 Å². The minimum atomic E-state index is -4.29. The van der Waals surface area contributed by atoms with E-state index in [1.807, 2.05) is 6.92 Å². The average molecular weight is 328 g/mol. The first-order valence-electron chi connectivity index (χ1n) is 7.99. The molecule has 1 atom stereocenters. The van der Waals surface area contributed by atoms with Crippen molar-refractivity contribution in [3.63, 3.8) is 0 Å². The summed E-state index contributed by atoms with van der Waals surface area (Å²) in [4.78, 5) is 13.4. The maximum absolute atomic E-state index is 12.7. The van der Waals surface area contributed by atoms with Crippen LogP contribution < -0.4 is 5.32 Å². The highest BCUT2D eigenvalue weighted by atomic mass is 19.4. The molecule has 1 saturated heterocycles. The van der Waals surface area contributed by atoms with Gasteiger partial charge in [0.25, 0.3) is 0 Å². The van der Waals surface area contributed by atoms with Gasteiger partial charge in [-0.25, -0.2) is 0 Å². The van der Waals surface area contributed by atoms with Gasteiger partial charge in [-0.2, -0.15) is 13.2 Å². The van der Waals surface area contributed by atoms with Crippen molar-refractivity contribution in [1.82, 2.24) is 10.2 Å². The zero-order chi connectivity index (χ0) is 17.0. The largest absolute Gasteiger partial charge is 0.416 e. The summed E-state index contributed by atoms with van der Waals surface area (Å²) < 4.78 is 38.0. The number of carbonyl (C=O) groups excluding carboxylic acids is 1. The van der Waals surface area contributed by atoms with Gasteiger partial charge < -0.3 is 5.32 Å².